The highest BCUT2D eigenvalue weighted by Crippen LogP contribution is 2.40. The Labute approximate surface area is 248 Å². The smallest absolute Gasteiger partial charge is 0.338 e. The van der Waals surface area contributed by atoms with Crippen LogP contribution in [0.25, 0.3) is 16.8 Å². The Balaban J connectivity index is 1.56. The van der Waals surface area contributed by atoms with Gasteiger partial charge in [0.1, 0.15) is 11.8 Å². The minimum absolute atomic E-state index is 0.209. The molecule has 0 amide bonds. The number of rotatable bonds is 7. The normalized spacial score (nSPS) is 18.8. The Kier molecular flexibility index (Phi) is 7.64. The Hall–Kier alpha value is -3.95. The van der Waals surface area contributed by atoms with Crippen LogP contribution in [0.3, 0.4) is 0 Å². The average Bonchev–Trinajstić information content (AvgIpc) is 3.67. The van der Waals surface area contributed by atoms with Crippen molar-refractivity contribution in [2.45, 2.75) is 59.2 Å². The molecule has 2 atom stereocenters. The molecule has 1 saturated heterocycles. The molecule has 0 radical (unpaired) electrons. The molecule has 218 valence electrons. The van der Waals surface area contributed by atoms with Crippen LogP contribution in [0, 0.1) is 13.8 Å². The van der Waals surface area contributed by atoms with E-state index < -0.39 is 12.0 Å². The van der Waals surface area contributed by atoms with Gasteiger partial charge in [-0.3, -0.25) is 9.36 Å². The van der Waals surface area contributed by atoms with E-state index in [1.165, 1.54) is 11.3 Å². The van der Waals surface area contributed by atoms with Crippen molar-refractivity contribution < 1.29 is 19.0 Å². The molecule has 0 unspecified atom stereocenters. The summed E-state index contributed by atoms with van der Waals surface area (Å²) >= 11 is 1.33. The molecule has 0 saturated carbocycles. The summed E-state index contributed by atoms with van der Waals surface area (Å²) in [4.78, 5) is 33.0. The lowest BCUT2D eigenvalue weighted by Crippen LogP contribution is -2.40. The Bertz CT molecular complexity index is 1910. The standard InChI is InChI=1S/C33H35N3O5S/c1-6-40-32(38)28-20(3)34-33-36(30(28)29-25-12-8-7-10-22(25)13-14-26(29)39-5)31(37)27(42-33)17-23-16-19(2)35(21(23)4)18-24-11-9-15-41-24/h7-8,10,12-14,16-17,24,30H,6,9,11,15,18H2,1-5H3/b27-17-/t24-,30+/m0/s1. The van der Waals surface area contributed by atoms with Gasteiger partial charge < -0.3 is 18.8 Å². The Morgan fingerprint density at radius 3 is 2.74 bits per heavy atom. The van der Waals surface area contributed by atoms with Gasteiger partial charge in [0.25, 0.3) is 5.56 Å². The molecule has 2 aliphatic heterocycles. The van der Waals surface area contributed by atoms with Crippen molar-refractivity contribution in [3.05, 3.63) is 95.9 Å². The molecule has 0 spiro atoms. The Morgan fingerprint density at radius 2 is 2.00 bits per heavy atom. The molecule has 2 aromatic carbocycles. The number of fused-ring (bicyclic) bond motifs is 2. The number of thiazole rings is 1. The van der Waals surface area contributed by atoms with Crippen LogP contribution >= 0.6 is 11.3 Å². The number of aryl methyl sites for hydroxylation is 1. The van der Waals surface area contributed by atoms with E-state index in [-0.39, 0.29) is 18.3 Å². The highest BCUT2D eigenvalue weighted by atomic mass is 32.1. The van der Waals surface area contributed by atoms with E-state index >= 15 is 0 Å². The predicted octanol–water partition coefficient (Wildman–Crippen LogP) is 4.56. The third kappa shape index (κ3) is 4.80. The van der Waals surface area contributed by atoms with Crippen molar-refractivity contribution in [2.24, 2.45) is 4.99 Å². The molecule has 42 heavy (non-hydrogen) atoms. The molecule has 2 aliphatic rings. The highest BCUT2D eigenvalue weighted by Gasteiger charge is 2.36. The first-order valence-corrected chi connectivity index (χ1v) is 15.2. The van der Waals surface area contributed by atoms with Crippen molar-refractivity contribution in [3.63, 3.8) is 0 Å². The first-order chi connectivity index (χ1) is 20.3. The van der Waals surface area contributed by atoms with Gasteiger partial charge in [-0.1, -0.05) is 41.7 Å². The Morgan fingerprint density at radius 1 is 1.19 bits per heavy atom. The average molecular weight is 586 g/mol. The second-order valence-electron chi connectivity index (χ2n) is 10.8. The SMILES string of the molecule is CCOC(=O)C1=C(C)N=c2s/c(=C\c3cc(C)n(C[C@@H]4CCCO4)c3C)c(=O)n2[C@H]1c1c(OC)ccc2ccccc12. The number of benzene rings is 2. The maximum Gasteiger partial charge on any atom is 0.338 e. The quantitative estimate of drug-likeness (QED) is 0.297. The fourth-order valence-electron chi connectivity index (χ4n) is 6.19. The number of hydrogen-bond donors (Lipinski definition) is 0. The monoisotopic (exact) mass is 585 g/mol. The van der Waals surface area contributed by atoms with Gasteiger partial charge in [-0.25, -0.2) is 9.79 Å². The van der Waals surface area contributed by atoms with Crippen LogP contribution in [0.2, 0.25) is 0 Å². The van der Waals surface area contributed by atoms with Gasteiger partial charge in [0, 0.05) is 30.1 Å². The van der Waals surface area contributed by atoms with Crippen LogP contribution in [0.5, 0.6) is 5.75 Å². The second kappa shape index (κ2) is 11.4. The summed E-state index contributed by atoms with van der Waals surface area (Å²) in [6.45, 7) is 9.56. The first-order valence-electron chi connectivity index (χ1n) is 14.4. The lowest BCUT2D eigenvalue weighted by molar-refractivity contribution is -0.139. The molecule has 1 fully saturated rings. The fourth-order valence-corrected chi connectivity index (χ4v) is 7.23. The number of nitrogens with zero attached hydrogens (tertiary/aromatic N) is 3. The molecular weight excluding hydrogens is 550 g/mol. The molecule has 0 aliphatic carbocycles. The van der Waals surface area contributed by atoms with Crippen LogP contribution in [0.15, 0.2) is 63.5 Å². The molecule has 4 aromatic rings. The minimum Gasteiger partial charge on any atom is -0.496 e. The van der Waals surface area contributed by atoms with Gasteiger partial charge in [-0.2, -0.15) is 0 Å². The van der Waals surface area contributed by atoms with Gasteiger partial charge in [0.05, 0.1) is 35.6 Å². The summed E-state index contributed by atoms with van der Waals surface area (Å²) < 4.78 is 21.7. The van der Waals surface area contributed by atoms with Crippen molar-refractivity contribution in [1.82, 2.24) is 9.13 Å². The third-order valence-electron chi connectivity index (χ3n) is 8.25. The molecule has 9 heteroatoms. The van der Waals surface area contributed by atoms with Crippen LogP contribution in [0.1, 0.15) is 55.2 Å². The van der Waals surface area contributed by atoms with Gasteiger partial charge >= 0.3 is 5.97 Å². The zero-order valence-corrected chi connectivity index (χ0v) is 25.4. The van der Waals surface area contributed by atoms with E-state index in [0.29, 0.717) is 26.4 Å². The van der Waals surface area contributed by atoms with Gasteiger partial charge in [-0.15, -0.1) is 0 Å². The van der Waals surface area contributed by atoms with Crippen molar-refractivity contribution >= 4 is 34.2 Å². The van der Waals surface area contributed by atoms with E-state index in [2.05, 4.69) is 24.5 Å². The van der Waals surface area contributed by atoms with Gasteiger partial charge in [0.15, 0.2) is 4.80 Å². The van der Waals surface area contributed by atoms with Crippen molar-refractivity contribution in [3.8, 4) is 5.75 Å². The molecule has 2 aromatic heterocycles. The summed E-state index contributed by atoms with van der Waals surface area (Å²) in [5.41, 5.74) is 4.57. The number of aromatic nitrogens is 2. The topological polar surface area (TPSA) is 84.0 Å². The number of allylic oxidation sites excluding steroid dienone is 1. The molecule has 6 rings (SSSR count). The lowest BCUT2D eigenvalue weighted by atomic mass is 9.90. The number of carbonyl (C=O) groups excluding carboxylic acids is 1. The van der Waals surface area contributed by atoms with E-state index in [4.69, 9.17) is 19.2 Å². The van der Waals surface area contributed by atoms with Crippen LogP contribution in [-0.4, -0.2) is 41.5 Å². The summed E-state index contributed by atoms with van der Waals surface area (Å²) in [6, 6.07) is 13.1. The van der Waals surface area contributed by atoms with E-state index in [1.807, 2.05) is 42.5 Å². The molecule has 8 nitrogen and oxygen atoms in total. The number of carbonyl (C=O) groups is 1. The zero-order chi connectivity index (χ0) is 29.5. The van der Waals surface area contributed by atoms with Crippen LogP contribution in [0.4, 0.5) is 0 Å². The summed E-state index contributed by atoms with van der Waals surface area (Å²) in [7, 11) is 1.60. The second-order valence-corrected chi connectivity index (χ2v) is 11.8. The molecule has 4 heterocycles. The van der Waals surface area contributed by atoms with E-state index in [0.717, 1.165) is 59.3 Å². The van der Waals surface area contributed by atoms with Crippen molar-refractivity contribution in [2.75, 3.05) is 20.3 Å². The predicted molar refractivity (Wildman–Crippen MR) is 164 cm³/mol. The van der Waals surface area contributed by atoms with Gasteiger partial charge in [-0.05, 0) is 75.1 Å². The lowest BCUT2D eigenvalue weighted by Gasteiger charge is -2.27. The molecule has 0 N–H and O–H groups in total. The third-order valence-corrected chi connectivity index (χ3v) is 9.23. The number of ether oxygens (including phenoxy) is 3. The number of methoxy groups -OCH3 is 1. The van der Waals surface area contributed by atoms with E-state index in [9.17, 15) is 9.59 Å². The molecular formula is C33H35N3O5S. The van der Waals surface area contributed by atoms with E-state index in [1.54, 1.807) is 25.5 Å². The zero-order valence-electron chi connectivity index (χ0n) is 24.6. The van der Waals surface area contributed by atoms with Crippen molar-refractivity contribution in [1.29, 1.82) is 0 Å². The minimum atomic E-state index is -0.768. The number of esters is 1. The maximum atomic E-state index is 14.3. The number of hydrogen-bond acceptors (Lipinski definition) is 7. The summed E-state index contributed by atoms with van der Waals surface area (Å²) in [6.07, 6.45) is 4.31. The fraction of sp³-hybridized carbons (Fsp3) is 0.364. The largest absolute Gasteiger partial charge is 0.496 e. The summed E-state index contributed by atoms with van der Waals surface area (Å²) in [5, 5.41) is 1.87. The van der Waals surface area contributed by atoms with Crippen LogP contribution < -0.4 is 19.6 Å². The maximum absolute atomic E-state index is 14.3. The molecule has 0 bridgehead atoms. The highest BCUT2D eigenvalue weighted by molar-refractivity contribution is 7.07. The first kappa shape index (κ1) is 28.2. The summed E-state index contributed by atoms with van der Waals surface area (Å²) in [5.74, 6) is 0.0909. The van der Waals surface area contributed by atoms with Gasteiger partial charge in [0.2, 0.25) is 0 Å². The van der Waals surface area contributed by atoms with Crippen LogP contribution in [-0.2, 0) is 20.8 Å².